The molecule has 0 aliphatic carbocycles. The zero-order valence-electron chi connectivity index (χ0n) is 65.6. The monoisotopic (exact) mass is 1510 g/mol. The van der Waals surface area contributed by atoms with E-state index in [9.17, 15) is 43.5 Å². The van der Waals surface area contributed by atoms with Crippen LogP contribution >= 0.6 is 15.6 Å². The summed E-state index contributed by atoms with van der Waals surface area (Å²) in [5, 5.41) is 20.6. The summed E-state index contributed by atoms with van der Waals surface area (Å²) in [6.45, 7) is 2.34. The zero-order chi connectivity index (χ0) is 76.6. The fourth-order valence-corrected chi connectivity index (χ4v) is 12.2. The topological polar surface area (TPSA) is 231 Å². The van der Waals surface area contributed by atoms with Crippen molar-refractivity contribution < 1.29 is 75.8 Å². The van der Waals surface area contributed by atoms with Crippen LogP contribution in [0, 0.1) is 0 Å². The number of allylic oxidation sites excluding steroid dienone is 26. The van der Waals surface area contributed by atoms with Crippen LogP contribution in [0.1, 0.15) is 316 Å². The molecule has 18 heteroatoms. The fraction of sp³-hybridized carbons (Fsp3) is 0.667. The SMILES string of the molecule is CC/C=C\C/C=C\C/C=C\C/C=C\C/C=C\C/C=C\CCCCCCC(=O)OCC(COP(=O)(O)OCC(O)COP(=O)(O)OCC(O)COC(=O)CCCCCCCCCCCCCCCCCCC/C=C\C/C=C\C/C=C\C/C=C\C/C=C\CC)OC(=O)CCCCCCC/C=C\C/C=C\CCC. The van der Waals surface area contributed by atoms with Gasteiger partial charge in [-0.05, 0) is 141 Å². The third-order valence-corrected chi connectivity index (χ3v) is 18.6. The molecule has 0 saturated carbocycles. The van der Waals surface area contributed by atoms with Crippen molar-refractivity contribution in [2.24, 2.45) is 0 Å². The van der Waals surface area contributed by atoms with E-state index in [0.717, 1.165) is 167 Å². The molecule has 0 aromatic heterocycles. The number of aliphatic hydroxyl groups excluding tert-OH is 2. The maximum absolute atomic E-state index is 12.9. The highest BCUT2D eigenvalue weighted by Gasteiger charge is 2.29. The minimum atomic E-state index is -4.94. The van der Waals surface area contributed by atoms with E-state index in [2.05, 4.69) is 179 Å². The fourth-order valence-electron chi connectivity index (χ4n) is 10.6. The summed E-state index contributed by atoms with van der Waals surface area (Å²) in [5.74, 6) is -1.62. The summed E-state index contributed by atoms with van der Waals surface area (Å²) in [4.78, 5) is 58.6. The van der Waals surface area contributed by atoms with Gasteiger partial charge in [0.15, 0.2) is 6.10 Å². The molecule has 0 heterocycles. The molecule has 4 N–H and O–H groups in total. The molecule has 5 unspecified atom stereocenters. The highest BCUT2D eigenvalue weighted by molar-refractivity contribution is 7.47. The summed E-state index contributed by atoms with van der Waals surface area (Å²) in [5.41, 5.74) is 0. The Morgan fingerprint density at radius 2 is 0.505 bits per heavy atom. The van der Waals surface area contributed by atoms with Crippen LogP contribution in [0.15, 0.2) is 158 Å². The van der Waals surface area contributed by atoms with Gasteiger partial charge in [0.05, 0.1) is 26.4 Å². The predicted molar refractivity (Wildman–Crippen MR) is 435 cm³/mol. The number of hydrogen-bond donors (Lipinski definition) is 4. The van der Waals surface area contributed by atoms with E-state index in [-0.39, 0.29) is 19.3 Å². The molecule has 0 bridgehead atoms. The number of hydrogen-bond acceptors (Lipinski definition) is 14. The van der Waals surface area contributed by atoms with Crippen molar-refractivity contribution in [2.75, 3.05) is 39.6 Å². The number of unbranched alkanes of at least 4 members (excludes halogenated alkanes) is 27. The third kappa shape index (κ3) is 80.0. The number of carbonyl (C=O) groups is 3. The summed E-state index contributed by atoms with van der Waals surface area (Å²) < 4.78 is 61.1. The van der Waals surface area contributed by atoms with E-state index in [1.807, 2.05) is 0 Å². The first-order valence-electron chi connectivity index (χ1n) is 40.8. The van der Waals surface area contributed by atoms with Crippen LogP contribution in [0.25, 0.3) is 0 Å². The molecule has 0 rings (SSSR count). The van der Waals surface area contributed by atoms with Crippen molar-refractivity contribution in [3.63, 3.8) is 0 Å². The maximum atomic E-state index is 12.9. The van der Waals surface area contributed by atoms with Gasteiger partial charge in [0.25, 0.3) is 0 Å². The lowest BCUT2D eigenvalue weighted by Crippen LogP contribution is -2.30. The second-order valence-corrected chi connectivity index (χ2v) is 29.7. The van der Waals surface area contributed by atoms with E-state index in [1.54, 1.807) is 0 Å². The lowest BCUT2D eigenvalue weighted by molar-refractivity contribution is -0.161. The Balaban J connectivity index is 4.45. The van der Waals surface area contributed by atoms with Gasteiger partial charge in [-0.1, -0.05) is 314 Å². The van der Waals surface area contributed by atoms with E-state index in [0.29, 0.717) is 19.3 Å². The second-order valence-electron chi connectivity index (χ2n) is 26.8. The van der Waals surface area contributed by atoms with Gasteiger partial charge in [-0.2, -0.15) is 0 Å². The lowest BCUT2D eigenvalue weighted by Gasteiger charge is -2.21. The van der Waals surface area contributed by atoms with Crippen LogP contribution in [0.5, 0.6) is 0 Å². The molecular formula is C87H146O16P2. The summed E-state index contributed by atoms with van der Waals surface area (Å²) in [7, 11) is -9.81. The van der Waals surface area contributed by atoms with Crippen molar-refractivity contribution in [1.29, 1.82) is 0 Å². The first-order chi connectivity index (χ1) is 51.2. The van der Waals surface area contributed by atoms with Gasteiger partial charge >= 0.3 is 33.6 Å². The quantitative estimate of drug-likeness (QED) is 0.0146. The number of phosphoric acid groups is 2. The summed E-state index contributed by atoms with van der Waals surface area (Å²) in [6.07, 6.45) is 98.8. The average molecular weight is 1510 g/mol. The number of ether oxygens (including phenoxy) is 3. The number of esters is 3. The molecule has 5 atom stereocenters. The summed E-state index contributed by atoms with van der Waals surface area (Å²) >= 11 is 0. The Hall–Kier alpha value is -4.83. The molecular weight excluding hydrogens is 1360 g/mol. The Morgan fingerprint density at radius 3 is 0.800 bits per heavy atom. The smallest absolute Gasteiger partial charge is 0.463 e. The van der Waals surface area contributed by atoms with Crippen LogP contribution < -0.4 is 0 Å². The van der Waals surface area contributed by atoms with E-state index in [4.69, 9.17) is 32.3 Å². The predicted octanol–water partition coefficient (Wildman–Crippen LogP) is 24.2. The Kier molecular flexibility index (Phi) is 75.1. The van der Waals surface area contributed by atoms with Gasteiger partial charge < -0.3 is 34.2 Å². The van der Waals surface area contributed by atoms with Gasteiger partial charge in [-0.15, -0.1) is 0 Å². The Bertz CT molecular complexity index is 2540. The standard InChI is InChI=1S/C87H146O16P2/c1-4-7-10-13-16-19-22-25-27-29-31-33-35-36-37-38-39-40-41-42-43-44-46-48-49-51-53-56-58-61-64-67-70-73-85(90)97-76-82(88)77-99-104(93,94)100-78-83(89)79-101-105(95,96)102-81-84(103-87(92)75-72-69-66-63-60-55-24-21-18-15-12-9-6-3)80-98-86(91)74-71-68-65-62-59-57-54-52-50-47-45-34-32-30-28-26-23-20-17-14-11-8-5-2/h7-8,10-12,15-17,19-21,24-28,31-34,36-37,47,50,54,57,82-84,88-89H,4-6,9,13-14,18,22-23,29-30,35,38-46,48-49,51-53,55-56,58-81H2,1-3H3,(H,93,94)(H,95,96)/b10-7-,11-8-,15-12-,19-16-,20-17-,24-21-,27-25-,28-26-,33-31-,34-32-,37-36-,50-47-,57-54-. The molecule has 0 radical (unpaired) electrons. The van der Waals surface area contributed by atoms with E-state index >= 15 is 0 Å². The minimum Gasteiger partial charge on any atom is -0.463 e. The molecule has 0 fully saturated rings. The first-order valence-corrected chi connectivity index (χ1v) is 43.8. The van der Waals surface area contributed by atoms with Crippen molar-refractivity contribution >= 4 is 33.6 Å². The minimum absolute atomic E-state index is 0.0780. The van der Waals surface area contributed by atoms with Gasteiger partial charge in [0, 0.05) is 19.3 Å². The molecule has 0 aliphatic heterocycles. The molecule has 0 spiro atoms. The molecule has 0 aromatic carbocycles. The number of aliphatic hydroxyl groups is 2. The largest absolute Gasteiger partial charge is 0.472 e. The van der Waals surface area contributed by atoms with Crippen LogP contribution in [-0.2, 0) is 55.8 Å². The molecule has 0 aromatic rings. The summed E-state index contributed by atoms with van der Waals surface area (Å²) in [6, 6.07) is 0. The average Bonchev–Trinajstić information content (AvgIpc) is 0.914. The molecule has 16 nitrogen and oxygen atoms in total. The normalized spacial score (nSPS) is 14.8. The van der Waals surface area contributed by atoms with Crippen molar-refractivity contribution in [3.05, 3.63) is 158 Å². The van der Waals surface area contributed by atoms with E-state index in [1.165, 1.54) is 89.9 Å². The van der Waals surface area contributed by atoms with Crippen molar-refractivity contribution in [1.82, 2.24) is 0 Å². The third-order valence-electron chi connectivity index (χ3n) is 16.7. The van der Waals surface area contributed by atoms with Crippen molar-refractivity contribution in [2.45, 2.75) is 334 Å². The molecule has 105 heavy (non-hydrogen) atoms. The van der Waals surface area contributed by atoms with Gasteiger partial charge in [0.2, 0.25) is 0 Å². The molecule has 0 saturated heterocycles. The Morgan fingerprint density at radius 1 is 0.276 bits per heavy atom. The molecule has 600 valence electrons. The second kappa shape index (κ2) is 78.7. The van der Waals surface area contributed by atoms with Gasteiger partial charge in [-0.3, -0.25) is 32.5 Å². The van der Waals surface area contributed by atoms with Gasteiger partial charge in [0.1, 0.15) is 25.4 Å². The van der Waals surface area contributed by atoms with Crippen LogP contribution in [0.2, 0.25) is 0 Å². The van der Waals surface area contributed by atoms with Crippen LogP contribution in [0.4, 0.5) is 0 Å². The van der Waals surface area contributed by atoms with Crippen LogP contribution in [0.3, 0.4) is 0 Å². The number of phosphoric ester groups is 2. The van der Waals surface area contributed by atoms with Gasteiger partial charge in [-0.25, -0.2) is 9.13 Å². The zero-order valence-corrected chi connectivity index (χ0v) is 67.4. The molecule has 0 aliphatic rings. The van der Waals surface area contributed by atoms with Crippen LogP contribution in [-0.4, -0.2) is 95.9 Å². The maximum Gasteiger partial charge on any atom is 0.472 e. The Labute approximate surface area is 638 Å². The number of carbonyl (C=O) groups excluding carboxylic acids is 3. The van der Waals surface area contributed by atoms with Crippen molar-refractivity contribution in [3.8, 4) is 0 Å². The van der Waals surface area contributed by atoms with E-state index < -0.39 is 91.5 Å². The highest BCUT2D eigenvalue weighted by Crippen LogP contribution is 2.45. The highest BCUT2D eigenvalue weighted by atomic mass is 31.2. The lowest BCUT2D eigenvalue weighted by atomic mass is 10.0. The molecule has 0 amide bonds. The number of rotatable bonds is 76. The first kappa shape index (κ1) is 100.